The van der Waals surface area contributed by atoms with Gasteiger partial charge in [0.05, 0.1) is 42.6 Å². The van der Waals surface area contributed by atoms with Crippen LogP contribution in [0.25, 0.3) is 11.4 Å². The lowest BCUT2D eigenvalue weighted by atomic mass is 10.2. The normalized spacial score (nSPS) is 10.7. The van der Waals surface area contributed by atoms with Crippen LogP contribution < -0.4 is 0 Å². The van der Waals surface area contributed by atoms with Crippen LogP contribution in [0.3, 0.4) is 0 Å². The van der Waals surface area contributed by atoms with Crippen LogP contribution in [-0.4, -0.2) is 37.9 Å². The molecule has 0 aliphatic rings. The summed E-state index contributed by atoms with van der Waals surface area (Å²) in [5, 5.41) is 19.0. The third-order valence-electron chi connectivity index (χ3n) is 5.11. The maximum Gasteiger partial charge on any atom is 0.233 e. The molecule has 2 aromatic heterocycles. The molecule has 1 amide bonds. The number of benzene rings is 2. The first-order valence-corrected chi connectivity index (χ1v) is 12.0. The van der Waals surface area contributed by atoms with E-state index in [9.17, 15) is 4.79 Å². The molecule has 0 saturated carbocycles. The van der Waals surface area contributed by atoms with E-state index in [2.05, 4.69) is 16.3 Å². The topological polar surface area (TPSA) is 87.9 Å². The van der Waals surface area contributed by atoms with Gasteiger partial charge in [-0.05, 0) is 29.8 Å². The summed E-state index contributed by atoms with van der Waals surface area (Å²) in [7, 11) is 0. The molecule has 0 bridgehead atoms. The number of nitrogens with zero attached hydrogens (tertiary/aromatic N) is 5. The van der Waals surface area contributed by atoms with Gasteiger partial charge >= 0.3 is 0 Å². The van der Waals surface area contributed by atoms with Crippen molar-refractivity contribution in [2.75, 3.05) is 12.3 Å². The number of carbonyl (C=O) groups is 1. The van der Waals surface area contributed by atoms with E-state index >= 15 is 0 Å². The number of carbonyl (C=O) groups excluding carboxylic acids is 1. The van der Waals surface area contributed by atoms with Crippen LogP contribution in [-0.2, 0) is 17.9 Å². The molecule has 0 saturated heterocycles. The summed E-state index contributed by atoms with van der Waals surface area (Å²) in [6.07, 6.45) is 1.82. The van der Waals surface area contributed by atoms with Crippen LogP contribution in [0.5, 0.6) is 0 Å². The number of hydrogen-bond donors (Lipinski definition) is 0. The van der Waals surface area contributed by atoms with E-state index in [0.717, 1.165) is 11.1 Å². The van der Waals surface area contributed by atoms with E-state index in [1.807, 2.05) is 65.2 Å². The Bertz CT molecular complexity index is 1270. The molecule has 2 aromatic carbocycles. The van der Waals surface area contributed by atoms with Gasteiger partial charge in [0.1, 0.15) is 5.76 Å². The standard InChI is InChI=1S/C25H22ClN5O2S/c26-22-12-5-4-11-21(22)24-28-29-25(31(24)16-19-8-2-1-3-9-19)34-18-23(32)30(14-7-13-27)17-20-10-6-15-33-20/h1-6,8-12,15H,7,14,16-18H2. The lowest BCUT2D eigenvalue weighted by Crippen LogP contribution is -2.32. The highest BCUT2D eigenvalue weighted by Gasteiger charge is 2.20. The zero-order chi connectivity index (χ0) is 23.8. The number of aromatic nitrogens is 3. The SMILES string of the molecule is N#CCCN(Cc1ccco1)C(=O)CSc1nnc(-c2ccccc2Cl)n1Cc1ccccc1. The third-order valence-corrected chi connectivity index (χ3v) is 6.39. The second kappa shape index (κ2) is 11.5. The van der Waals surface area contributed by atoms with Gasteiger partial charge in [-0.3, -0.25) is 9.36 Å². The van der Waals surface area contributed by atoms with Gasteiger partial charge < -0.3 is 9.32 Å². The van der Waals surface area contributed by atoms with Gasteiger partial charge in [0.25, 0.3) is 0 Å². The second-order valence-electron chi connectivity index (χ2n) is 7.45. The molecule has 4 rings (SSSR count). The molecule has 7 nitrogen and oxygen atoms in total. The molecule has 4 aromatic rings. The fourth-order valence-electron chi connectivity index (χ4n) is 3.43. The molecule has 0 aliphatic heterocycles. The molecular formula is C25H22ClN5O2S. The molecule has 0 unspecified atom stereocenters. The predicted octanol–water partition coefficient (Wildman–Crippen LogP) is 5.27. The van der Waals surface area contributed by atoms with Gasteiger partial charge in [-0.25, -0.2) is 0 Å². The van der Waals surface area contributed by atoms with Crippen LogP contribution in [0.2, 0.25) is 5.02 Å². The Morgan fingerprint density at radius 3 is 2.62 bits per heavy atom. The highest BCUT2D eigenvalue weighted by Crippen LogP contribution is 2.30. The first-order valence-electron chi connectivity index (χ1n) is 10.7. The Balaban J connectivity index is 1.56. The maximum atomic E-state index is 13.0. The van der Waals surface area contributed by atoms with Crippen LogP contribution in [0.4, 0.5) is 0 Å². The summed E-state index contributed by atoms with van der Waals surface area (Å²) >= 11 is 7.76. The van der Waals surface area contributed by atoms with Crippen molar-refractivity contribution in [1.82, 2.24) is 19.7 Å². The molecule has 2 heterocycles. The van der Waals surface area contributed by atoms with Crippen LogP contribution >= 0.6 is 23.4 Å². The second-order valence-corrected chi connectivity index (χ2v) is 8.80. The van der Waals surface area contributed by atoms with Gasteiger partial charge in [0.15, 0.2) is 11.0 Å². The highest BCUT2D eigenvalue weighted by molar-refractivity contribution is 7.99. The fourth-order valence-corrected chi connectivity index (χ4v) is 4.49. The number of halogens is 1. The minimum atomic E-state index is -0.106. The molecule has 9 heteroatoms. The average molecular weight is 492 g/mol. The molecule has 0 aliphatic carbocycles. The molecule has 0 atom stereocenters. The molecule has 0 N–H and O–H groups in total. The number of furan rings is 1. The third kappa shape index (κ3) is 5.87. The smallest absolute Gasteiger partial charge is 0.233 e. The summed E-state index contributed by atoms with van der Waals surface area (Å²) in [6.45, 7) is 1.18. The summed E-state index contributed by atoms with van der Waals surface area (Å²) in [5.41, 5.74) is 1.86. The van der Waals surface area contributed by atoms with Gasteiger partial charge in [-0.2, -0.15) is 5.26 Å². The number of hydrogen-bond acceptors (Lipinski definition) is 6. The number of nitriles is 1. The van der Waals surface area contributed by atoms with Crippen LogP contribution in [0.1, 0.15) is 17.7 Å². The Morgan fingerprint density at radius 1 is 1.09 bits per heavy atom. The number of rotatable bonds is 10. The summed E-state index contributed by atoms with van der Waals surface area (Å²) in [6, 6.07) is 23.2. The molecular weight excluding hydrogens is 470 g/mol. The van der Waals surface area contributed by atoms with E-state index in [1.165, 1.54) is 11.8 Å². The molecule has 172 valence electrons. The van der Waals surface area contributed by atoms with Crippen molar-refractivity contribution in [2.45, 2.75) is 24.7 Å². The lowest BCUT2D eigenvalue weighted by Gasteiger charge is -2.20. The average Bonchev–Trinajstić information content (AvgIpc) is 3.51. The monoisotopic (exact) mass is 491 g/mol. The summed E-state index contributed by atoms with van der Waals surface area (Å²) in [5.74, 6) is 1.36. The molecule has 34 heavy (non-hydrogen) atoms. The van der Waals surface area contributed by atoms with E-state index in [0.29, 0.717) is 41.4 Å². The van der Waals surface area contributed by atoms with Crippen molar-refractivity contribution in [3.8, 4) is 17.5 Å². The van der Waals surface area contributed by atoms with Crippen LogP contribution in [0.15, 0.2) is 82.6 Å². The summed E-state index contributed by atoms with van der Waals surface area (Å²) < 4.78 is 7.36. The molecule has 0 radical (unpaired) electrons. The Hall–Kier alpha value is -3.54. The van der Waals surface area contributed by atoms with E-state index < -0.39 is 0 Å². The van der Waals surface area contributed by atoms with E-state index in [4.69, 9.17) is 21.3 Å². The zero-order valence-corrected chi connectivity index (χ0v) is 19.9. The van der Waals surface area contributed by atoms with Gasteiger partial charge in [0.2, 0.25) is 5.91 Å². The first kappa shape index (κ1) is 23.6. The van der Waals surface area contributed by atoms with Crippen molar-refractivity contribution < 1.29 is 9.21 Å². The minimum Gasteiger partial charge on any atom is -0.467 e. The zero-order valence-electron chi connectivity index (χ0n) is 18.3. The van der Waals surface area contributed by atoms with Gasteiger partial charge in [-0.15, -0.1) is 10.2 Å². The van der Waals surface area contributed by atoms with Crippen molar-refractivity contribution in [3.63, 3.8) is 0 Å². The van der Waals surface area contributed by atoms with E-state index in [1.54, 1.807) is 17.2 Å². The minimum absolute atomic E-state index is 0.106. The lowest BCUT2D eigenvalue weighted by molar-refractivity contribution is -0.129. The van der Waals surface area contributed by atoms with Crippen molar-refractivity contribution in [1.29, 1.82) is 5.26 Å². The molecule has 0 fully saturated rings. The largest absolute Gasteiger partial charge is 0.467 e. The fraction of sp³-hybridized carbons (Fsp3) is 0.200. The van der Waals surface area contributed by atoms with Crippen molar-refractivity contribution in [2.24, 2.45) is 0 Å². The Labute approximate surface area is 207 Å². The van der Waals surface area contributed by atoms with Gasteiger partial charge in [-0.1, -0.05) is 65.8 Å². The predicted molar refractivity (Wildman–Crippen MR) is 131 cm³/mol. The number of thioether (sulfide) groups is 1. The van der Waals surface area contributed by atoms with Gasteiger partial charge in [0, 0.05) is 12.1 Å². The van der Waals surface area contributed by atoms with Crippen LogP contribution in [0, 0.1) is 11.3 Å². The maximum absolute atomic E-state index is 13.0. The quantitative estimate of drug-likeness (QED) is 0.281. The van der Waals surface area contributed by atoms with E-state index in [-0.39, 0.29) is 18.1 Å². The Morgan fingerprint density at radius 2 is 1.88 bits per heavy atom. The Kier molecular flexibility index (Phi) is 8.02. The van der Waals surface area contributed by atoms with Crippen molar-refractivity contribution >= 4 is 29.3 Å². The summed E-state index contributed by atoms with van der Waals surface area (Å²) in [4.78, 5) is 14.7. The highest BCUT2D eigenvalue weighted by atomic mass is 35.5. The number of amides is 1. The first-order chi connectivity index (χ1) is 16.7. The molecule has 0 spiro atoms. The van der Waals surface area contributed by atoms with Crippen molar-refractivity contribution in [3.05, 3.63) is 89.3 Å².